The smallest absolute Gasteiger partial charge is 0.129 e. The van der Waals surface area contributed by atoms with Crippen molar-refractivity contribution in [2.45, 2.75) is 154 Å². The highest BCUT2D eigenvalue weighted by molar-refractivity contribution is 5.39. The van der Waals surface area contributed by atoms with Crippen molar-refractivity contribution in [3.05, 3.63) is 141 Å². The molecule has 0 aliphatic heterocycles. The molecule has 0 aromatic heterocycles. The predicted molar refractivity (Wildman–Crippen MR) is 218 cm³/mol. The van der Waals surface area contributed by atoms with Crippen molar-refractivity contribution in [1.29, 1.82) is 0 Å². The van der Waals surface area contributed by atoms with Gasteiger partial charge in [-0.2, -0.15) is 0 Å². The van der Waals surface area contributed by atoms with Crippen LogP contribution in [0.3, 0.4) is 0 Å². The molecular formula is C50H64F2O. The van der Waals surface area contributed by atoms with Crippen molar-refractivity contribution >= 4 is 0 Å². The molecule has 2 unspecified atom stereocenters. The summed E-state index contributed by atoms with van der Waals surface area (Å²) in [5.74, 6) is 1.91. The van der Waals surface area contributed by atoms with Gasteiger partial charge in [0.05, 0.1) is 0 Å². The van der Waals surface area contributed by atoms with Gasteiger partial charge in [-0.25, -0.2) is 8.78 Å². The van der Waals surface area contributed by atoms with Crippen molar-refractivity contribution in [1.82, 2.24) is 0 Å². The van der Waals surface area contributed by atoms with Gasteiger partial charge in [0.1, 0.15) is 23.8 Å². The first-order chi connectivity index (χ1) is 25.9. The maximum Gasteiger partial charge on any atom is 0.129 e. The molecule has 0 heterocycles. The predicted octanol–water partition coefficient (Wildman–Crippen LogP) is 14.9. The van der Waals surface area contributed by atoms with Crippen molar-refractivity contribution < 1.29 is 13.5 Å². The van der Waals surface area contributed by atoms with Crippen LogP contribution in [-0.4, -0.2) is 0 Å². The van der Waals surface area contributed by atoms with Gasteiger partial charge in [-0.1, -0.05) is 139 Å². The molecule has 0 bridgehead atoms. The Labute approximate surface area is 320 Å². The van der Waals surface area contributed by atoms with Gasteiger partial charge in [0.25, 0.3) is 0 Å². The standard InChI is InChI=1S/C50H64F2O/c1-5-9-11-37-17-21-39(22-18-37)43-29-31-45(47(51)33-43)49(41-25-13-35(7-3)14-26-41)53-50(42-27-15-36(8-4)16-28-42)46-32-30-44(34-48(46)52)40-23-19-38(20-24-40)12-10-6-2/h13-16,25-34,37-40,49-50H,5-12,17-24H2,1-4H3. The van der Waals surface area contributed by atoms with E-state index in [2.05, 4.69) is 88.4 Å². The highest BCUT2D eigenvalue weighted by atomic mass is 19.1. The highest BCUT2D eigenvalue weighted by Gasteiger charge is 2.30. The molecule has 0 N–H and O–H groups in total. The van der Waals surface area contributed by atoms with Gasteiger partial charge in [-0.15, -0.1) is 0 Å². The number of rotatable bonds is 16. The fraction of sp³-hybridized carbons (Fsp3) is 0.520. The summed E-state index contributed by atoms with van der Waals surface area (Å²) in [6, 6.07) is 28.3. The molecule has 2 saturated carbocycles. The summed E-state index contributed by atoms with van der Waals surface area (Å²) in [7, 11) is 0. The van der Waals surface area contributed by atoms with Crippen molar-refractivity contribution in [3.63, 3.8) is 0 Å². The number of ether oxygens (including phenoxy) is 1. The van der Waals surface area contributed by atoms with Gasteiger partial charge in [-0.05, 0) is 133 Å². The Bertz CT molecular complexity index is 1570. The van der Waals surface area contributed by atoms with Gasteiger partial charge in [-0.3, -0.25) is 0 Å². The SMILES string of the molecule is CCCCC1CCC(c2ccc(C(OC(c3ccc(CC)cc3)c3ccc(C4CCC(CCCC)CC4)cc3F)c3ccc(CC)cc3)c(F)c2)CC1. The van der Waals surface area contributed by atoms with E-state index in [1.54, 1.807) is 12.1 Å². The average Bonchev–Trinajstić information content (AvgIpc) is 3.21. The molecule has 2 aliphatic rings. The third-order valence-corrected chi connectivity index (χ3v) is 12.8. The summed E-state index contributed by atoms with van der Waals surface area (Å²) in [6.07, 6.45) is 17.5. The number of hydrogen-bond donors (Lipinski definition) is 0. The molecule has 0 saturated heterocycles. The number of unbranched alkanes of at least 4 members (excludes halogenated alkanes) is 2. The molecule has 53 heavy (non-hydrogen) atoms. The minimum Gasteiger partial charge on any atom is -0.356 e. The molecule has 0 radical (unpaired) electrons. The summed E-state index contributed by atoms with van der Waals surface area (Å²) in [5, 5.41) is 0. The lowest BCUT2D eigenvalue weighted by atomic mass is 9.77. The lowest BCUT2D eigenvalue weighted by molar-refractivity contribution is 0.0270. The number of hydrogen-bond acceptors (Lipinski definition) is 1. The van der Waals surface area contributed by atoms with E-state index in [1.807, 2.05) is 12.1 Å². The lowest BCUT2D eigenvalue weighted by Crippen LogP contribution is -2.17. The molecule has 284 valence electrons. The summed E-state index contributed by atoms with van der Waals surface area (Å²) < 4.78 is 40.2. The molecule has 0 amide bonds. The van der Waals surface area contributed by atoms with E-state index >= 15 is 8.78 Å². The molecule has 4 aromatic carbocycles. The Kier molecular flexibility index (Phi) is 14.4. The van der Waals surface area contributed by atoms with Gasteiger partial charge in [0.2, 0.25) is 0 Å². The van der Waals surface area contributed by atoms with Crippen LogP contribution in [0.15, 0.2) is 84.9 Å². The summed E-state index contributed by atoms with van der Waals surface area (Å²) in [6.45, 7) is 8.81. The van der Waals surface area contributed by atoms with Crippen molar-refractivity contribution in [2.75, 3.05) is 0 Å². The average molecular weight is 719 g/mol. The Hall–Kier alpha value is -3.30. The lowest BCUT2D eigenvalue weighted by Gasteiger charge is -2.31. The van der Waals surface area contributed by atoms with Crippen LogP contribution < -0.4 is 0 Å². The highest BCUT2D eigenvalue weighted by Crippen LogP contribution is 2.43. The molecule has 3 heteroatoms. The van der Waals surface area contributed by atoms with Crippen LogP contribution >= 0.6 is 0 Å². The maximum absolute atomic E-state index is 16.6. The normalized spacial score (nSPS) is 21.7. The number of aryl methyl sites for hydroxylation is 2. The molecule has 2 aliphatic carbocycles. The number of benzene rings is 4. The Morgan fingerprint density at radius 3 is 1.21 bits per heavy atom. The van der Waals surface area contributed by atoms with E-state index in [4.69, 9.17) is 4.74 Å². The summed E-state index contributed by atoms with van der Waals surface area (Å²) in [5.41, 5.74) is 7.36. The minimum atomic E-state index is -0.715. The fourth-order valence-electron chi connectivity index (χ4n) is 9.23. The van der Waals surface area contributed by atoms with Gasteiger partial charge >= 0.3 is 0 Å². The fourth-order valence-corrected chi connectivity index (χ4v) is 9.23. The molecule has 2 fully saturated rings. The zero-order valence-corrected chi connectivity index (χ0v) is 33.0. The quantitative estimate of drug-likeness (QED) is 0.112. The third kappa shape index (κ3) is 10.1. The zero-order chi connectivity index (χ0) is 37.2. The Balaban J connectivity index is 1.31. The molecular weight excluding hydrogens is 655 g/mol. The molecule has 2 atom stereocenters. The summed E-state index contributed by atoms with van der Waals surface area (Å²) >= 11 is 0. The van der Waals surface area contributed by atoms with Gasteiger partial charge in [0, 0.05) is 11.1 Å². The van der Waals surface area contributed by atoms with Crippen LogP contribution in [0.2, 0.25) is 0 Å². The first-order valence-corrected chi connectivity index (χ1v) is 21.3. The summed E-state index contributed by atoms with van der Waals surface area (Å²) in [4.78, 5) is 0. The molecule has 0 spiro atoms. The second-order valence-electron chi connectivity index (χ2n) is 16.4. The van der Waals surface area contributed by atoms with Gasteiger partial charge in [0.15, 0.2) is 0 Å². The maximum atomic E-state index is 16.6. The van der Waals surface area contributed by atoms with E-state index in [0.29, 0.717) is 23.0 Å². The van der Waals surface area contributed by atoms with Gasteiger partial charge < -0.3 is 4.74 Å². The minimum absolute atomic E-state index is 0.245. The van der Waals surface area contributed by atoms with E-state index in [0.717, 1.165) is 72.6 Å². The topological polar surface area (TPSA) is 9.23 Å². The first-order valence-electron chi connectivity index (χ1n) is 21.3. The Morgan fingerprint density at radius 1 is 0.509 bits per heavy atom. The zero-order valence-electron chi connectivity index (χ0n) is 33.0. The van der Waals surface area contributed by atoms with E-state index in [-0.39, 0.29) is 11.6 Å². The second kappa shape index (κ2) is 19.3. The second-order valence-corrected chi connectivity index (χ2v) is 16.4. The molecule has 1 nitrogen and oxygen atoms in total. The van der Waals surface area contributed by atoms with Crippen LogP contribution in [0.1, 0.15) is 186 Å². The Morgan fingerprint density at radius 2 is 0.887 bits per heavy atom. The molecule has 4 aromatic rings. The molecule has 6 rings (SSSR count). The van der Waals surface area contributed by atoms with E-state index in [9.17, 15) is 0 Å². The third-order valence-electron chi connectivity index (χ3n) is 12.8. The van der Waals surface area contributed by atoms with Crippen LogP contribution in [0.25, 0.3) is 0 Å². The monoisotopic (exact) mass is 718 g/mol. The van der Waals surface area contributed by atoms with Crippen LogP contribution in [0.5, 0.6) is 0 Å². The largest absolute Gasteiger partial charge is 0.356 e. The van der Waals surface area contributed by atoms with Crippen LogP contribution in [0.4, 0.5) is 8.78 Å². The van der Waals surface area contributed by atoms with Crippen LogP contribution in [-0.2, 0) is 17.6 Å². The first kappa shape index (κ1) is 39.4. The van der Waals surface area contributed by atoms with E-state index < -0.39 is 12.2 Å². The number of halogens is 2. The van der Waals surface area contributed by atoms with E-state index in [1.165, 1.54) is 75.3 Å². The van der Waals surface area contributed by atoms with Crippen molar-refractivity contribution in [3.8, 4) is 0 Å². The van der Waals surface area contributed by atoms with Crippen LogP contribution in [0, 0.1) is 23.5 Å². The van der Waals surface area contributed by atoms with Crippen molar-refractivity contribution in [2.24, 2.45) is 11.8 Å².